The Balaban J connectivity index is 3.30. The van der Waals surface area contributed by atoms with Crippen molar-refractivity contribution in [3.05, 3.63) is 29.3 Å². The molecule has 1 aromatic rings. The highest BCUT2D eigenvalue weighted by atomic mass is 35.6. The minimum Gasteiger partial charge on any atom is -0.143 e. The van der Waals surface area contributed by atoms with Crippen LogP contribution >= 0.6 is 82.2 Å². The molecule has 7 heteroatoms. The molecule has 0 fully saturated rings. The van der Waals surface area contributed by atoms with E-state index in [4.69, 9.17) is 69.6 Å². The topological polar surface area (TPSA) is 0 Å². The molecule has 0 aliphatic heterocycles. The van der Waals surface area contributed by atoms with Crippen molar-refractivity contribution in [2.45, 2.75) is 12.5 Å². The second-order valence-corrected chi connectivity index (χ2v) is 7.84. The van der Waals surface area contributed by atoms with Gasteiger partial charge in [0.1, 0.15) is 0 Å². The van der Waals surface area contributed by atoms with Gasteiger partial charge in [0, 0.05) is 16.0 Å². The standard InChI is InChI=1S/C8H4Cl6S/c9-7(10,11)4-1-5(8(12,13)14)3-6(15)2-4/h1-3,15H. The van der Waals surface area contributed by atoms with E-state index in [-0.39, 0.29) is 0 Å². The molecule has 15 heavy (non-hydrogen) atoms. The largest absolute Gasteiger partial charge is 0.216 e. The lowest BCUT2D eigenvalue weighted by atomic mass is 10.1. The fraction of sp³-hybridized carbons (Fsp3) is 0.250. The second-order valence-electron chi connectivity index (χ2n) is 2.76. The molecule has 0 bridgehead atoms. The summed E-state index contributed by atoms with van der Waals surface area (Å²) in [6.45, 7) is 0. The van der Waals surface area contributed by atoms with Gasteiger partial charge in [-0.2, -0.15) is 0 Å². The van der Waals surface area contributed by atoms with Crippen LogP contribution in [0.4, 0.5) is 0 Å². The number of hydrogen-bond acceptors (Lipinski definition) is 1. The number of thiol groups is 1. The van der Waals surface area contributed by atoms with Crippen molar-refractivity contribution in [3.8, 4) is 0 Å². The Morgan fingerprint density at radius 3 is 1.33 bits per heavy atom. The summed E-state index contributed by atoms with van der Waals surface area (Å²) in [6, 6.07) is 4.70. The Hall–Kier alpha value is 1.31. The predicted octanol–water partition coefficient (Wildman–Crippen LogP) is 5.63. The maximum atomic E-state index is 5.72. The van der Waals surface area contributed by atoms with Gasteiger partial charge < -0.3 is 0 Å². The van der Waals surface area contributed by atoms with Crippen LogP contribution in [0.15, 0.2) is 23.1 Å². The molecule has 0 saturated carbocycles. The van der Waals surface area contributed by atoms with Crippen molar-refractivity contribution in [3.63, 3.8) is 0 Å². The first-order valence-corrected chi connectivity index (χ1v) is 6.30. The van der Waals surface area contributed by atoms with Crippen molar-refractivity contribution >= 4 is 82.2 Å². The van der Waals surface area contributed by atoms with Crippen LogP contribution in [-0.4, -0.2) is 0 Å². The molecule has 84 valence electrons. The summed E-state index contributed by atoms with van der Waals surface area (Å²) in [5.41, 5.74) is 0.808. The van der Waals surface area contributed by atoms with Crippen LogP contribution in [0.2, 0.25) is 0 Å². The third kappa shape index (κ3) is 4.23. The Morgan fingerprint density at radius 2 is 1.07 bits per heavy atom. The van der Waals surface area contributed by atoms with Crippen LogP contribution < -0.4 is 0 Å². The molecule has 0 N–H and O–H groups in total. The lowest BCUT2D eigenvalue weighted by molar-refractivity contribution is 1.14. The van der Waals surface area contributed by atoms with E-state index >= 15 is 0 Å². The number of rotatable bonds is 0. The predicted molar refractivity (Wildman–Crippen MR) is 72.2 cm³/mol. The summed E-state index contributed by atoms with van der Waals surface area (Å²) < 4.78 is -3.13. The number of hydrogen-bond donors (Lipinski definition) is 1. The number of halogens is 6. The zero-order chi connectivity index (χ0) is 11.9. The molecule has 1 aromatic carbocycles. The molecular weight excluding hydrogens is 341 g/mol. The molecule has 0 heterocycles. The summed E-state index contributed by atoms with van der Waals surface area (Å²) in [6.07, 6.45) is 0. The van der Waals surface area contributed by atoms with Gasteiger partial charge in [-0.15, -0.1) is 12.6 Å². The zero-order valence-corrected chi connectivity index (χ0v) is 12.4. The van der Waals surface area contributed by atoms with Gasteiger partial charge in [0.25, 0.3) is 0 Å². The van der Waals surface area contributed by atoms with Crippen molar-refractivity contribution < 1.29 is 0 Å². The van der Waals surface area contributed by atoms with Gasteiger partial charge in [0.15, 0.2) is 0 Å². The molecule has 0 saturated heterocycles. The van der Waals surface area contributed by atoms with Crippen LogP contribution in [0.5, 0.6) is 0 Å². The smallest absolute Gasteiger partial charge is 0.143 e. The normalized spacial score (nSPS) is 13.0. The van der Waals surface area contributed by atoms with Crippen molar-refractivity contribution in [1.82, 2.24) is 0 Å². The highest BCUT2D eigenvalue weighted by molar-refractivity contribution is 7.80. The Kier molecular flexibility index (Phi) is 4.69. The summed E-state index contributed by atoms with van der Waals surface area (Å²) in [7, 11) is 0. The molecule has 0 aliphatic carbocycles. The van der Waals surface area contributed by atoms with Crippen LogP contribution in [0.25, 0.3) is 0 Å². The Bertz CT molecular complexity index is 332. The molecule has 0 aromatic heterocycles. The number of benzene rings is 1. The molecule has 0 amide bonds. The van der Waals surface area contributed by atoms with Crippen molar-refractivity contribution in [2.75, 3.05) is 0 Å². The fourth-order valence-electron chi connectivity index (χ4n) is 0.939. The average molecular weight is 345 g/mol. The van der Waals surface area contributed by atoms with Crippen molar-refractivity contribution in [2.24, 2.45) is 0 Å². The highest BCUT2D eigenvalue weighted by Gasteiger charge is 2.28. The van der Waals surface area contributed by atoms with E-state index in [1.165, 1.54) is 6.07 Å². The second kappa shape index (κ2) is 4.89. The summed E-state index contributed by atoms with van der Waals surface area (Å²) >= 11 is 38.5. The molecular formula is C8H4Cl6S. The van der Waals surface area contributed by atoms with E-state index in [9.17, 15) is 0 Å². The molecule has 0 atom stereocenters. The number of alkyl halides is 6. The van der Waals surface area contributed by atoms with Gasteiger partial charge in [-0.05, 0) is 18.2 Å². The Morgan fingerprint density at radius 1 is 0.733 bits per heavy atom. The minimum atomic E-state index is -1.57. The van der Waals surface area contributed by atoms with E-state index in [0.29, 0.717) is 16.0 Å². The molecule has 0 unspecified atom stereocenters. The summed E-state index contributed by atoms with van der Waals surface area (Å²) in [5.74, 6) is 0. The van der Waals surface area contributed by atoms with E-state index in [2.05, 4.69) is 12.6 Å². The molecule has 0 radical (unpaired) electrons. The first kappa shape index (κ1) is 14.4. The van der Waals surface area contributed by atoms with E-state index < -0.39 is 7.59 Å². The lowest BCUT2D eigenvalue weighted by Gasteiger charge is -2.17. The van der Waals surface area contributed by atoms with Crippen molar-refractivity contribution in [1.29, 1.82) is 0 Å². The van der Waals surface area contributed by atoms with E-state index in [1.54, 1.807) is 12.1 Å². The maximum absolute atomic E-state index is 5.72. The van der Waals surface area contributed by atoms with Crippen LogP contribution in [0, 0.1) is 0 Å². The van der Waals surface area contributed by atoms with Gasteiger partial charge in [0.05, 0.1) is 0 Å². The van der Waals surface area contributed by atoms with Gasteiger partial charge in [-0.3, -0.25) is 0 Å². The van der Waals surface area contributed by atoms with E-state index in [1.807, 2.05) is 0 Å². The minimum absolute atomic E-state index is 0.404. The average Bonchev–Trinajstić information content (AvgIpc) is 1.99. The SMILES string of the molecule is Sc1cc(C(Cl)(Cl)Cl)cc(C(Cl)(Cl)Cl)c1. The van der Waals surface area contributed by atoms with Gasteiger partial charge in [-0.1, -0.05) is 69.6 Å². The Labute approximate surface area is 123 Å². The summed E-state index contributed by atoms with van der Waals surface area (Å²) in [4.78, 5) is 0.556. The van der Waals surface area contributed by atoms with Crippen LogP contribution in [0.1, 0.15) is 11.1 Å². The van der Waals surface area contributed by atoms with Crippen LogP contribution in [0.3, 0.4) is 0 Å². The maximum Gasteiger partial charge on any atom is 0.216 e. The monoisotopic (exact) mass is 342 g/mol. The van der Waals surface area contributed by atoms with Crippen LogP contribution in [-0.2, 0) is 7.59 Å². The van der Waals surface area contributed by atoms with Gasteiger partial charge in [0.2, 0.25) is 7.59 Å². The zero-order valence-electron chi connectivity index (χ0n) is 6.95. The highest BCUT2D eigenvalue weighted by Crippen LogP contribution is 2.44. The summed E-state index contributed by atoms with van der Waals surface area (Å²) in [5, 5.41) is 0. The van der Waals surface area contributed by atoms with E-state index in [0.717, 1.165) is 0 Å². The first-order chi connectivity index (χ1) is 6.60. The third-order valence-corrected chi connectivity index (χ3v) is 3.14. The molecule has 0 spiro atoms. The third-order valence-electron chi connectivity index (χ3n) is 1.57. The fourth-order valence-corrected chi connectivity index (χ4v) is 1.87. The van der Waals surface area contributed by atoms with Gasteiger partial charge in [-0.25, -0.2) is 0 Å². The molecule has 1 rings (SSSR count). The quantitative estimate of drug-likeness (QED) is 0.457. The first-order valence-electron chi connectivity index (χ1n) is 3.59. The lowest BCUT2D eigenvalue weighted by Crippen LogP contribution is -2.06. The molecule has 0 aliphatic rings. The van der Waals surface area contributed by atoms with Gasteiger partial charge >= 0.3 is 0 Å². The molecule has 0 nitrogen and oxygen atoms in total.